The predicted molar refractivity (Wildman–Crippen MR) is 112 cm³/mol. The lowest BCUT2D eigenvalue weighted by Crippen LogP contribution is -2.47. The topological polar surface area (TPSA) is 61.3 Å². The quantitative estimate of drug-likeness (QED) is 0.738. The number of aromatic nitrogens is 2. The molecule has 4 rings (SSSR count). The van der Waals surface area contributed by atoms with E-state index in [1.807, 2.05) is 18.2 Å². The van der Waals surface area contributed by atoms with Crippen LogP contribution in [0.5, 0.6) is 0 Å². The Bertz CT molecular complexity index is 1060. The van der Waals surface area contributed by atoms with Gasteiger partial charge in [-0.2, -0.15) is 0 Å². The minimum Gasteiger partial charge on any atom is -0.307 e. The third-order valence-electron chi connectivity index (χ3n) is 5.60. The van der Waals surface area contributed by atoms with Crippen molar-refractivity contribution >= 4 is 10.9 Å². The van der Waals surface area contributed by atoms with Crippen molar-refractivity contribution in [3.8, 4) is 0 Å². The van der Waals surface area contributed by atoms with E-state index in [1.54, 1.807) is 12.1 Å². The average molecular weight is 378 g/mol. The van der Waals surface area contributed by atoms with E-state index in [2.05, 4.69) is 46.1 Å². The lowest BCUT2D eigenvalue weighted by atomic mass is 10.0. The zero-order valence-corrected chi connectivity index (χ0v) is 16.2. The molecule has 1 aromatic heterocycles. The van der Waals surface area contributed by atoms with Crippen molar-refractivity contribution in [3.63, 3.8) is 0 Å². The Morgan fingerprint density at radius 2 is 1.71 bits per heavy atom. The van der Waals surface area contributed by atoms with Gasteiger partial charge in [0.1, 0.15) is 0 Å². The SMILES string of the molecule is CN1CCN(CCCn2c(=O)[nH]c3ccccc3c2=O)C(c2ccccc2)C1. The Kier molecular flexibility index (Phi) is 5.41. The standard InChI is InChI=1S/C22H26N4O2/c1-24-14-15-25(20(16-24)17-8-3-2-4-9-17)12-7-13-26-21(27)18-10-5-6-11-19(18)23-22(26)28/h2-6,8-11,20H,7,12-16H2,1H3,(H,23,28). The molecule has 28 heavy (non-hydrogen) atoms. The Hall–Kier alpha value is -2.70. The van der Waals surface area contributed by atoms with Crippen LogP contribution in [0, 0.1) is 0 Å². The normalized spacial score (nSPS) is 18.5. The largest absolute Gasteiger partial charge is 0.328 e. The minimum absolute atomic E-state index is 0.211. The number of rotatable bonds is 5. The van der Waals surface area contributed by atoms with Crippen molar-refractivity contribution in [2.45, 2.75) is 19.0 Å². The van der Waals surface area contributed by atoms with Crippen LogP contribution in [-0.4, -0.2) is 52.6 Å². The second kappa shape index (κ2) is 8.12. The van der Waals surface area contributed by atoms with Crippen LogP contribution in [-0.2, 0) is 6.54 Å². The van der Waals surface area contributed by atoms with Crippen molar-refractivity contribution in [1.82, 2.24) is 19.4 Å². The molecule has 3 aromatic rings. The molecule has 146 valence electrons. The van der Waals surface area contributed by atoms with Crippen LogP contribution in [0.4, 0.5) is 0 Å². The molecule has 6 nitrogen and oxygen atoms in total. The monoisotopic (exact) mass is 378 g/mol. The highest BCUT2D eigenvalue weighted by atomic mass is 16.2. The highest BCUT2D eigenvalue weighted by Gasteiger charge is 2.26. The maximum absolute atomic E-state index is 12.7. The number of piperazine rings is 1. The molecular formula is C22H26N4O2. The molecule has 0 radical (unpaired) electrons. The molecule has 1 unspecified atom stereocenters. The predicted octanol–water partition coefficient (Wildman–Crippen LogP) is 2.07. The van der Waals surface area contributed by atoms with Crippen molar-refractivity contribution in [2.75, 3.05) is 33.2 Å². The van der Waals surface area contributed by atoms with Crippen LogP contribution in [0.15, 0.2) is 64.2 Å². The number of hydrogen-bond acceptors (Lipinski definition) is 4. The summed E-state index contributed by atoms with van der Waals surface area (Å²) in [5.74, 6) is 0. The van der Waals surface area contributed by atoms with Gasteiger partial charge in [0.05, 0.1) is 10.9 Å². The molecule has 2 aromatic carbocycles. The lowest BCUT2D eigenvalue weighted by molar-refractivity contribution is 0.0875. The Morgan fingerprint density at radius 1 is 0.964 bits per heavy atom. The number of aromatic amines is 1. The third-order valence-corrected chi connectivity index (χ3v) is 5.60. The Labute approximate surface area is 164 Å². The van der Waals surface area contributed by atoms with Gasteiger partial charge in [-0.3, -0.25) is 14.3 Å². The molecule has 0 bridgehead atoms. The Morgan fingerprint density at radius 3 is 2.54 bits per heavy atom. The van der Waals surface area contributed by atoms with E-state index in [0.29, 0.717) is 23.5 Å². The molecule has 1 N–H and O–H groups in total. The van der Waals surface area contributed by atoms with E-state index in [1.165, 1.54) is 10.1 Å². The van der Waals surface area contributed by atoms with Crippen molar-refractivity contribution in [3.05, 3.63) is 81.0 Å². The number of hydrogen-bond donors (Lipinski definition) is 1. The zero-order valence-electron chi connectivity index (χ0n) is 16.2. The van der Waals surface area contributed by atoms with Gasteiger partial charge in [0.15, 0.2) is 0 Å². The fraction of sp³-hybridized carbons (Fsp3) is 0.364. The van der Waals surface area contributed by atoms with Crippen LogP contribution >= 0.6 is 0 Å². The fourth-order valence-electron chi connectivity index (χ4n) is 4.05. The molecule has 1 aliphatic rings. The van der Waals surface area contributed by atoms with Gasteiger partial charge < -0.3 is 9.88 Å². The average Bonchev–Trinajstić information content (AvgIpc) is 2.72. The van der Waals surface area contributed by atoms with Gasteiger partial charge >= 0.3 is 5.69 Å². The first-order valence-electron chi connectivity index (χ1n) is 9.83. The molecule has 0 spiro atoms. The molecular weight excluding hydrogens is 352 g/mol. The smallest absolute Gasteiger partial charge is 0.307 e. The van der Waals surface area contributed by atoms with Gasteiger partial charge in [-0.1, -0.05) is 42.5 Å². The van der Waals surface area contributed by atoms with Crippen LogP contribution in [0.3, 0.4) is 0 Å². The van der Waals surface area contributed by atoms with E-state index in [-0.39, 0.29) is 11.2 Å². The number of fused-ring (bicyclic) bond motifs is 1. The van der Waals surface area contributed by atoms with E-state index in [0.717, 1.165) is 32.6 Å². The second-order valence-corrected chi connectivity index (χ2v) is 7.51. The molecule has 1 fully saturated rings. The van der Waals surface area contributed by atoms with Crippen LogP contribution in [0.1, 0.15) is 18.0 Å². The summed E-state index contributed by atoms with van der Waals surface area (Å²) >= 11 is 0. The summed E-state index contributed by atoms with van der Waals surface area (Å²) in [5.41, 5.74) is 1.37. The summed E-state index contributed by atoms with van der Waals surface area (Å²) < 4.78 is 1.33. The zero-order chi connectivity index (χ0) is 19.5. The summed E-state index contributed by atoms with van der Waals surface area (Å²) in [6, 6.07) is 18.1. The molecule has 2 heterocycles. The maximum Gasteiger partial charge on any atom is 0.328 e. The van der Waals surface area contributed by atoms with E-state index in [4.69, 9.17) is 0 Å². The molecule has 0 aliphatic carbocycles. The van der Waals surface area contributed by atoms with E-state index >= 15 is 0 Å². The number of para-hydroxylation sites is 1. The van der Waals surface area contributed by atoms with Crippen LogP contribution in [0.25, 0.3) is 10.9 Å². The van der Waals surface area contributed by atoms with Gasteiger partial charge in [-0.15, -0.1) is 0 Å². The molecule has 1 atom stereocenters. The summed E-state index contributed by atoms with van der Waals surface area (Å²) in [6.07, 6.45) is 0.758. The highest BCUT2D eigenvalue weighted by Crippen LogP contribution is 2.24. The van der Waals surface area contributed by atoms with Gasteiger partial charge in [0.25, 0.3) is 5.56 Å². The number of benzene rings is 2. The van der Waals surface area contributed by atoms with E-state index in [9.17, 15) is 9.59 Å². The number of nitrogens with zero attached hydrogens (tertiary/aromatic N) is 3. The van der Waals surface area contributed by atoms with Gasteiger partial charge in [0, 0.05) is 38.8 Å². The molecule has 0 saturated carbocycles. The van der Waals surface area contributed by atoms with Gasteiger partial charge in [0.2, 0.25) is 0 Å². The second-order valence-electron chi connectivity index (χ2n) is 7.51. The number of H-pyrrole nitrogens is 1. The summed E-state index contributed by atoms with van der Waals surface area (Å²) in [4.78, 5) is 32.7. The van der Waals surface area contributed by atoms with Crippen molar-refractivity contribution in [1.29, 1.82) is 0 Å². The Balaban J connectivity index is 1.49. The molecule has 6 heteroatoms. The first-order chi connectivity index (χ1) is 13.6. The van der Waals surface area contributed by atoms with Crippen LogP contribution in [0.2, 0.25) is 0 Å². The summed E-state index contributed by atoms with van der Waals surface area (Å²) in [7, 11) is 2.15. The molecule has 1 aliphatic heterocycles. The molecule has 0 amide bonds. The number of nitrogens with one attached hydrogen (secondary N) is 1. The van der Waals surface area contributed by atoms with Gasteiger partial charge in [-0.05, 0) is 31.2 Å². The summed E-state index contributed by atoms with van der Waals surface area (Å²) in [6.45, 7) is 4.28. The fourth-order valence-corrected chi connectivity index (χ4v) is 4.05. The van der Waals surface area contributed by atoms with Crippen molar-refractivity contribution in [2.24, 2.45) is 0 Å². The molecule has 1 saturated heterocycles. The first kappa shape index (κ1) is 18.7. The first-order valence-corrected chi connectivity index (χ1v) is 9.83. The maximum atomic E-state index is 12.7. The van der Waals surface area contributed by atoms with Crippen LogP contribution < -0.4 is 11.2 Å². The summed E-state index contributed by atoms with van der Waals surface area (Å²) in [5, 5.41) is 0.559. The third kappa shape index (κ3) is 3.79. The minimum atomic E-state index is -0.332. The van der Waals surface area contributed by atoms with Crippen molar-refractivity contribution < 1.29 is 0 Å². The highest BCUT2D eigenvalue weighted by molar-refractivity contribution is 5.76. The number of likely N-dealkylation sites (N-methyl/N-ethyl adjacent to an activating group) is 1. The lowest BCUT2D eigenvalue weighted by Gasteiger charge is -2.40. The van der Waals surface area contributed by atoms with Gasteiger partial charge in [-0.25, -0.2) is 4.79 Å². The van der Waals surface area contributed by atoms with E-state index < -0.39 is 0 Å².